The van der Waals surface area contributed by atoms with E-state index in [9.17, 15) is 8.78 Å². The second-order valence-corrected chi connectivity index (χ2v) is 5.65. The Morgan fingerprint density at radius 1 is 1.21 bits per heavy atom. The van der Waals surface area contributed by atoms with Gasteiger partial charge in [0, 0.05) is 43.9 Å². The minimum Gasteiger partial charge on any atom is -0.314 e. The standard InChI is InChI=1S/C15H20F2N2/c16-12-3-4-13(14(17)10-12)15(9-11-1-2-11)19-7-5-18-6-8-19/h3-4,10-11,15,18H,1-2,5-9H2/t15-/m1/s1. The number of piperazine rings is 1. The van der Waals surface area contributed by atoms with E-state index >= 15 is 0 Å². The number of halogens is 2. The second kappa shape index (κ2) is 5.55. The van der Waals surface area contributed by atoms with Crippen LogP contribution in [0.2, 0.25) is 0 Å². The van der Waals surface area contributed by atoms with Crippen LogP contribution in [0.15, 0.2) is 18.2 Å². The fourth-order valence-corrected chi connectivity index (χ4v) is 2.91. The summed E-state index contributed by atoms with van der Waals surface area (Å²) in [5, 5.41) is 3.32. The van der Waals surface area contributed by atoms with Crippen molar-refractivity contribution in [3.8, 4) is 0 Å². The van der Waals surface area contributed by atoms with Crippen LogP contribution < -0.4 is 5.32 Å². The zero-order valence-corrected chi connectivity index (χ0v) is 11.0. The number of hydrogen-bond donors (Lipinski definition) is 1. The summed E-state index contributed by atoms with van der Waals surface area (Å²) in [5.74, 6) is -0.166. The fraction of sp³-hybridized carbons (Fsp3) is 0.600. The molecular formula is C15H20F2N2. The van der Waals surface area contributed by atoms with E-state index in [4.69, 9.17) is 0 Å². The van der Waals surface area contributed by atoms with Crippen LogP contribution in [0, 0.1) is 17.6 Å². The molecular weight excluding hydrogens is 246 g/mol. The van der Waals surface area contributed by atoms with Crippen LogP contribution in [-0.4, -0.2) is 31.1 Å². The Hall–Kier alpha value is -1.00. The highest BCUT2D eigenvalue weighted by Crippen LogP contribution is 2.40. The third-order valence-corrected chi connectivity index (χ3v) is 4.17. The molecule has 0 bridgehead atoms. The Bertz CT molecular complexity index is 440. The number of benzene rings is 1. The van der Waals surface area contributed by atoms with Crippen LogP contribution in [-0.2, 0) is 0 Å². The van der Waals surface area contributed by atoms with Gasteiger partial charge in [0.25, 0.3) is 0 Å². The van der Waals surface area contributed by atoms with Crippen LogP contribution in [0.4, 0.5) is 8.78 Å². The third kappa shape index (κ3) is 3.12. The molecule has 1 heterocycles. The van der Waals surface area contributed by atoms with Gasteiger partial charge in [-0.15, -0.1) is 0 Å². The Balaban J connectivity index is 1.83. The molecule has 1 aromatic carbocycles. The van der Waals surface area contributed by atoms with E-state index in [0.29, 0.717) is 5.56 Å². The van der Waals surface area contributed by atoms with Crippen molar-refractivity contribution in [1.82, 2.24) is 10.2 Å². The van der Waals surface area contributed by atoms with Crippen molar-refractivity contribution >= 4 is 0 Å². The summed E-state index contributed by atoms with van der Waals surface area (Å²) in [6.07, 6.45) is 3.51. The molecule has 3 rings (SSSR count). The van der Waals surface area contributed by atoms with E-state index < -0.39 is 11.6 Å². The molecule has 1 saturated carbocycles. The maximum Gasteiger partial charge on any atom is 0.130 e. The van der Waals surface area contributed by atoms with Crippen LogP contribution in [0.3, 0.4) is 0 Å². The maximum absolute atomic E-state index is 14.0. The number of nitrogens with zero attached hydrogens (tertiary/aromatic N) is 1. The first kappa shape index (κ1) is 13.0. The minimum absolute atomic E-state index is 0.107. The highest BCUT2D eigenvalue weighted by atomic mass is 19.1. The predicted octanol–water partition coefficient (Wildman–Crippen LogP) is 2.71. The quantitative estimate of drug-likeness (QED) is 0.901. The first-order valence-corrected chi connectivity index (χ1v) is 7.14. The predicted molar refractivity (Wildman–Crippen MR) is 70.9 cm³/mol. The van der Waals surface area contributed by atoms with Crippen molar-refractivity contribution in [2.24, 2.45) is 5.92 Å². The van der Waals surface area contributed by atoms with Crippen molar-refractivity contribution in [3.05, 3.63) is 35.4 Å². The molecule has 0 radical (unpaired) electrons. The molecule has 1 aromatic rings. The summed E-state index contributed by atoms with van der Waals surface area (Å²) < 4.78 is 27.1. The summed E-state index contributed by atoms with van der Waals surface area (Å²) in [6, 6.07) is 4.12. The van der Waals surface area contributed by atoms with E-state index in [1.54, 1.807) is 6.07 Å². The number of hydrogen-bond acceptors (Lipinski definition) is 2. The lowest BCUT2D eigenvalue weighted by atomic mass is 9.98. The Kier molecular flexibility index (Phi) is 3.80. The van der Waals surface area contributed by atoms with Gasteiger partial charge in [0.2, 0.25) is 0 Å². The molecule has 0 aromatic heterocycles. The van der Waals surface area contributed by atoms with E-state index in [0.717, 1.165) is 44.6 Å². The van der Waals surface area contributed by atoms with Crippen LogP contribution >= 0.6 is 0 Å². The van der Waals surface area contributed by atoms with Crippen molar-refractivity contribution in [2.45, 2.75) is 25.3 Å². The highest BCUT2D eigenvalue weighted by molar-refractivity contribution is 5.23. The molecule has 1 aliphatic carbocycles. The van der Waals surface area contributed by atoms with Crippen molar-refractivity contribution < 1.29 is 8.78 Å². The molecule has 4 heteroatoms. The van der Waals surface area contributed by atoms with Crippen molar-refractivity contribution in [2.75, 3.05) is 26.2 Å². The smallest absolute Gasteiger partial charge is 0.130 e. The highest BCUT2D eigenvalue weighted by Gasteiger charge is 2.31. The van der Waals surface area contributed by atoms with Gasteiger partial charge in [-0.25, -0.2) is 8.78 Å². The summed E-state index contributed by atoms with van der Waals surface area (Å²) in [4.78, 5) is 2.34. The summed E-state index contributed by atoms with van der Waals surface area (Å²) in [7, 11) is 0. The zero-order valence-electron chi connectivity index (χ0n) is 11.0. The SMILES string of the molecule is Fc1ccc([C@@H](CC2CC2)N2CCNCC2)c(F)c1. The summed E-state index contributed by atoms with van der Waals surface area (Å²) in [5.41, 5.74) is 0.662. The first-order valence-electron chi connectivity index (χ1n) is 7.14. The molecule has 1 atom stereocenters. The molecule has 1 saturated heterocycles. The Labute approximate surface area is 112 Å². The topological polar surface area (TPSA) is 15.3 Å². The van der Waals surface area contributed by atoms with Crippen LogP contribution in [0.5, 0.6) is 0 Å². The van der Waals surface area contributed by atoms with E-state index in [-0.39, 0.29) is 6.04 Å². The normalized spacial score (nSPS) is 22.4. The Morgan fingerprint density at radius 3 is 2.58 bits per heavy atom. The van der Waals surface area contributed by atoms with Gasteiger partial charge >= 0.3 is 0 Å². The molecule has 19 heavy (non-hydrogen) atoms. The zero-order chi connectivity index (χ0) is 13.2. The second-order valence-electron chi connectivity index (χ2n) is 5.65. The molecule has 2 fully saturated rings. The molecule has 2 nitrogen and oxygen atoms in total. The van der Waals surface area contributed by atoms with Crippen LogP contribution in [0.1, 0.15) is 30.9 Å². The molecule has 0 amide bonds. The van der Waals surface area contributed by atoms with Crippen molar-refractivity contribution in [1.29, 1.82) is 0 Å². The van der Waals surface area contributed by atoms with Crippen molar-refractivity contribution in [3.63, 3.8) is 0 Å². The lowest BCUT2D eigenvalue weighted by Crippen LogP contribution is -2.45. The van der Waals surface area contributed by atoms with Gasteiger partial charge in [0.1, 0.15) is 11.6 Å². The Morgan fingerprint density at radius 2 is 1.95 bits per heavy atom. The molecule has 0 spiro atoms. The largest absolute Gasteiger partial charge is 0.314 e. The lowest BCUT2D eigenvalue weighted by Gasteiger charge is -2.35. The molecule has 1 N–H and O–H groups in total. The van der Waals surface area contributed by atoms with Gasteiger partial charge in [-0.2, -0.15) is 0 Å². The molecule has 2 aliphatic rings. The van der Waals surface area contributed by atoms with E-state index in [1.165, 1.54) is 18.9 Å². The summed E-state index contributed by atoms with van der Waals surface area (Å²) in [6.45, 7) is 3.77. The molecule has 1 aliphatic heterocycles. The monoisotopic (exact) mass is 266 g/mol. The first-order chi connectivity index (χ1) is 9.24. The summed E-state index contributed by atoms with van der Waals surface area (Å²) >= 11 is 0. The van der Waals surface area contributed by atoms with Gasteiger partial charge in [-0.1, -0.05) is 18.9 Å². The number of rotatable bonds is 4. The maximum atomic E-state index is 14.0. The van der Waals surface area contributed by atoms with Gasteiger partial charge < -0.3 is 5.32 Å². The number of nitrogens with one attached hydrogen (secondary N) is 1. The van der Waals surface area contributed by atoms with Crippen LogP contribution in [0.25, 0.3) is 0 Å². The van der Waals surface area contributed by atoms with E-state index in [1.807, 2.05) is 0 Å². The minimum atomic E-state index is -0.494. The average molecular weight is 266 g/mol. The lowest BCUT2D eigenvalue weighted by molar-refractivity contribution is 0.157. The van der Waals surface area contributed by atoms with E-state index in [2.05, 4.69) is 10.2 Å². The third-order valence-electron chi connectivity index (χ3n) is 4.17. The molecule has 104 valence electrons. The fourth-order valence-electron chi connectivity index (χ4n) is 2.91. The molecule has 0 unspecified atom stereocenters. The average Bonchev–Trinajstić information content (AvgIpc) is 3.22. The van der Waals surface area contributed by atoms with Gasteiger partial charge in [-0.3, -0.25) is 4.90 Å². The van der Waals surface area contributed by atoms with Gasteiger partial charge in [0.15, 0.2) is 0 Å². The van der Waals surface area contributed by atoms with Gasteiger partial charge in [0.05, 0.1) is 0 Å². The van der Waals surface area contributed by atoms with Gasteiger partial charge in [-0.05, 0) is 18.4 Å².